The number of hydrogen-bond acceptors (Lipinski definition) is 5. The van der Waals surface area contributed by atoms with Crippen molar-refractivity contribution in [2.24, 2.45) is 0 Å². The molecule has 7 heteroatoms. The molecule has 0 aliphatic carbocycles. The molecular weight excluding hydrogens is 306 g/mol. The third-order valence-corrected chi connectivity index (χ3v) is 3.37. The van der Waals surface area contributed by atoms with Gasteiger partial charge in [0, 0.05) is 18.8 Å². The Bertz CT molecular complexity index is 503. The van der Waals surface area contributed by atoms with Gasteiger partial charge in [-0.05, 0) is 37.7 Å². The largest absolute Gasteiger partial charge is 0.465 e. The van der Waals surface area contributed by atoms with E-state index in [4.69, 9.17) is 0 Å². The molecule has 0 unspecified atom stereocenters. The molecule has 122 valence electrons. The van der Waals surface area contributed by atoms with Crippen LogP contribution in [0.4, 0.5) is 5.69 Å². The average molecular weight is 328 g/mol. The number of benzene rings is 1. The lowest BCUT2D eigenvalue weighted by molar-refractivity contribution is -0.117. The minimum atomic E-state index is -0.412. The van der Waals surface area contributed by atoms with Gasteiger partial charge in [-0.2, -0.15) is 0 Å². The summed E-state index contributed by atoms with van der Waals surface area (Å²) < 4.78 is 4.66. The Balaban J connectivity index is 0.00000242. The molecule has 0 aromatic heterocycles. The molecular formula is C15H22ClN3O3. The molecule has 1 saturated heterocycles. The Morgan fingerprint density at radius 2 is 2.14 bits per heavy atom. The van der Waals surface area contributed by atoms with Gasteiger partial charge >= 0.3 is 5.97 Å². The molecule has 1 amide bonds. The Hall–Kier alpha value is -1.63. The van der Waals surface area contributed by atoms with E-state index in [0.717, 1.165) is 32.6 Å². The first-order chi connectivity index (χ1) is 10.2. The normalized spacial score (nSPS) is 15.3. The third kappa shape index (κ3) is 5.63. The van der Waals surface area contributed by atoms with E-state index < -0.39 is 5.97 Å². The zero-order valence-corrected chi connectivity index (χ0v) is 13.4. The number of hydrogen-bond donors (Lipinski definition) is 2. The van der Waals surface area contributed by atoms with Gasteiger partial charge in [0.1, 0.15) is 0 Å². The Kier molecular flexibility index (Phi) is 7.87. The van der Waals surface area contributed by atoms with Crippen LogP contribution in [0.2, 0.25) is 0 Å². The summed E-state index contributed by atoms with van der Waals surface area (Å²) >= 11 is 0. The summed E-state index contributed by atoms with van der Waals surface area (Å²) in [5, 5.41) is 6.12. The summed E-state index contributed by atoms with van der Waals surface area (Å²) in [5.41, 5.74) is 1.03. The molecule has 0 atom stereocenters. The highest BCUT2D eigenvalue weighted by Gasteiger charge is 2.13. The second-order valence-electron chi connectivity index (χ2n) is 5.00. The first kappa shape index (κ1) is 18.4. The number of amides is 1. The predicted molar refractivity (Wildman–Crippen MR) is 87.6 cm³/mol. The summed E-state index contributed by atoms with van der Waals surface area (Å²) in [4.78, 5) is 25.6. The molecule has 0 spiro atoms. The van der Waals surface area contributed by atoms with E-state index in [1.807, 2.05) is 0 Å². The molecule has 1 fully saturated rings. The fourth-order valence-electron chi connectivity index (χ4n) is 2.31. The second kappa shape index (κ2) is 9.40. The monoisotopic (exact) mass is 327 g/mol. The lowest BCUT2D eigenvalue weighted by atomic mass is 10.2. The molecule has 1 heterocycles. The Labute approximate surface area is 136 Å². The molecule has 0 saturated carbocycles. The number of methoxy groups -OCH3 is 1. The molecule has 1 aliphatic heterocycles. The summed E-state index contributed by atoms with van der Waals surface area (Å²) in [7, 11) is 1.33. The van der Waals surface area contributed by atoms with E-state index in [1.165, 1.54) is 7.11 Å². The molecule has 2 rings (SSSR count). The highest BCUT2D eigenvalue weighted by atomic mass is 35.5. The molecule has 22 heavy (non-hydrogen) atoms. The van der Waals surface area contributed by atoms with Crippen molar-refractivity contribution in [2.75, 3.05) is 45.2 Å². The minimum absolute atomic E-state index is 0. The Morgan fingerprint density at radius 1 is 1.32 bits per heavy atom. The van der Waals surface area contributed by atoms with Gasteiger partial charge in [-0.25, -0.2) is 4.79 Å². The van der Waals surface area contributed by atoms with Gasteiger partial charge in [-0.1, -0.05) is 6.07 Å². The van der Waals surface area contributed by atoms with Crippen molar-refractivity contribution in [3.8, 4) is 0 Å². The number of nitrogens with zero attached hydrogens (tertiary/aromatic N) is 1. The Morgan fingerprint density at radius 3 is 2.91 bits per heavy atom. The summed E-state index contributed by atoms with van der Waals surface area (Å²) in [6, 6.07) is 6.75. The van der Waals surface area contributed by atoms with Gasteiger partial charge in [0.25, 0.3) is 0 Å². The van der Waals surface area contributed by atoms with E-state index in [1.54, 1.807) is 24.3 Å². The van der Waals surface area contributed by atoms with Crippen molar-refractivity contribution in [1.82, 2.24) is 10.2 Å². The fourth-order valence-corrected chi connectivity index (χ4v) is 2.31. The van der Waals surface area contributed by atoms with Crippen molar-refractivity contribution in [3.05, 3.63) is 29.8 Å². The number of anilines is 1. The minimum Gasteiger partial charge on any atom is -0.465 e. The van der Waals surface area contributed by atoms with Crippen molar-refractivity contribution in [3.63, 3.8) is 0 Å². The maximum absolute atomic E-state index is 12.1. The van der Waals surface area contributed by atoms with Crippen LogP contribution in [0.5, 0.6) is 0 Å². The van der Waals surface area contributed by atoms with Gasteiger partial charge in [-0.3, -0.25) is 9.69 Å². The maximum atomic E-state index is 12.1. The van der Waals surface area contributed by atoms with Crippen molar-refractivity contribution < 1.29 is 14.3 Å². The zero-order chi connectivity index (χ0) is 15.1. The molecule has 0 radical (unpaired) electrons. The molecule has 6 nitrogen and oxygen atoms in total. The van der Waals surface area contributed by atoms with Crippen molar-refractivity contribution in [2.45, 2.75) is 6.42 Å². The first-order valence-corrected chi connectivity index (χ1v) is 7.10. The van der Waals surface area contributed by atoms with E-state index in [2.05, 4.69) is 20.3 Å². The van der Waals surface area contributed by atoms with E-state index >= 15 is 0 Å². The third-order valence-electron chi connectivity index (χ3n) is 3.37. The van der Waals surface area contributed by atoms with Crippen LogP contribution in [-0.4, -0.2) is 56.6 Å². The summed E-state index contributed by atoms with van der Waals surface area (Å²) in [5.74, 6) is -0.483. The number of esters is 1. The van der Waals surface area contributed by atoms with Gasteiger partial charge < -0.3 is 15.4 Å². The van der Waals surface area contributed by atoms with Crippen molar-refractivity contribution >= 4 is 30.0 Å². The van der Waals surface area contributed by atoms with Gasteiger partial charge in [0.15, 0.2) is 0 Å². The lowest BCUT2D eigenvalue weighted by Crippen LogP contribution is -2.35. The fraction of sp³-hybridized carbons (Fsp3) is 0.467. The van der Waals surface area contributed by atoms with Crippen LogP contribution in [0, 0.1) is 0 Å². The lowest BCUT2D eigenvalue weighted by Gasteiger charge is -2.18. The number of ether oxygens (including phenoxy) is 1. The maximum Gasteiger partial charge on any atom is 0.337 e. The van der Waals surface area contributed by atoms with Crippen LogP contribution in [-0.2, 0) is 9.53 Å². The number of carbonyl (C=O) groups excluding carboxylic acids is 2. The SMILES string of the molecule is COC(=O)c1cccc(NC(=O)CN2CCCNCC2)c1.Cl. The van der Waals surface area contributed by atoms with Crippen LogP contribution in [0.1, 0.15) is 16.8 Å². The summed E-state index contributed by atoms with van der Waals surface area (Å²) in [6.07, 6.45) is 1.05. The number of halogens is 1. The number of carbonyl (C=O) groups is 2. The van der Waals surface area contributed by atoms with Crippen LogP contribution in [0.15, 0.2) is 24.3 Å². The van der Waals surface area contributed by atoms with E-state index in [9.17, 15) is 9.59 Å². The van der Waals surface area contributed by atoms with Crippen LogP contribution in [0.25, 0.3) is 0 Å². The van der Waals surface area contributed by atoms with E-state index in [-0.39, 0.29) is 18.3 Å². The smallest absolute Gasteiger partial charge is 0.337 e. The molecule has 1 aliphatic rings. The highest BCUT2D eigenvalue weighted by molar-refractivity contribution is 5.95. The number of nitrogens with one attached hydrogen (secondary N) is 2. The van der Waals surface area contributed by atoms with Gasteiger partial charge in [-0.15, -0.1) is 12.4 Å². The average Bonchev–Trinajstić information content (AvgIpc) is 2.75. The zero-order valence-electron chi connectivity index (χ0n) is 12.6. The highest BCUT2D eigenvalue weighted by Crippen LogP contribution is 2.11. The first-order valence-electron chi connectivity index (χ1n) is 7.10. The molecule has 1 aromatic carbocycles. The standard InChI is InChI=1S/C15H21N3O3.ClH/c1-21-15(20)12-4-2-5-13(10-12)17-14(19)11-18-8-3-6-16-7-9-18;/h2,4-5,10,16H,3,6-9,11H2,1H3,(H,17,19);1H. The van der Waals surface area contributed by atoms with Gasteiger partial charge in [0.05, 0.1) is 19.2 Å². The van der Waals surface area contributed by atoms with Crippen molar-refractivity contribution in [1.29, 1.82) is 0 Å². The molecule has 2 N–H and O–H groups in total. The summed E-state index contributed by atoms with van der Waals surface area (Å²) in [6.45, 7) is 4.06. The topological polar surface area (TPSA) is 70.7 Å². The number of rotatable bonds is 4. The molecule has 1 aromatic rings. The van der Waals surface area contributed by atoms with Crippen LogP contribution in [0.3, 0.4) is 0 Å². The van der Waals surface area contributed by atoms with E-state index in [0.29, 0.717) is 17.8 Å². The van der Waals surface area contributed by atoms with Gasteiger partial charge in [0.2, 0.25) is 5.91 Å². The van der Waals surface area contributed by atoms with Crippen LogP contribution < -0.4 is 10.6 Å². The molecule has 0 bridgehead atoms. The quantitative estimate of drug-likeness (QED) is 0.811. The predicted octanol–water partition coefficient (Wildman–Crippen LogP) is 1.13. The van der Waals surface area contributed by atoms with Crippen LogP contribution >= 0.6 is 12.4 Å². The second-order valence-corrected chi connectivity index (χ2v) is 5.00.